The van der Waals surface area contributed by atoms with Crippen molar-refractivity contribution >= 4 is 11.6 Å². The van der Waals surface area contributed by atoms with Crippen LogP contribution in [0.3, 0.4) is 0 Å². The molecule has 0 aliphatic carbocycles. The van der Waals surface area contributed by atoms with Crippen LogP contribution in [0, 0.1) is 5.92 Å². The van der Waals surface area contributed by atoms with Gasteiger partial charge in [-0.05, 0) is 23.6 Å². The number of hydrogen-bond donors (Lipinski definition) is 0. The van der Waals surface area contributed by atoms with E-state index in [0.717, 1.165) is 17.4 Å². The van der Waals surface area contributed by atoms with Crippen LogP contribution in [0.2, 0.25) is 5.02 Å². The van der Waals surface area contributed by atoms with Gasteiger partial charge in [-0.2, -0.15) is 0 Å². The third-order valence-corrected chi connectivity index (χ3v) is 3.31. The van der Waals surface area contributed by atoms with Crippen LogP contribution >= 0.6 is 11.6 Å². The van der Waals surface area contributed by atoms with Crippen LogP contribution in [0.25, 0.3) is 0 Å². The van der Waals surface area contributed by atoms with Gasteiger partial charge in [0.1, 0.15) is 12.4 Å². The first-order chi connectivity index (χ1) is 8.08. The molecule has 1 aliphatic rings. The number of rotatable bonds is 3. The zero-order valence-electron chi connectivity index (χ0n) is 10.6. The van der Waals surface area contributed by atoms with Crippen molar-refractivity contribution in [1.29, 1.82) is 0 Å². The van der Waals surface area contributed by atoms with Crippen molar-refractivity contribution in [3.05, 3.63) is 28.8 Å². The standard InChI is InChI=1S/C14H19ClO2/c1-9(2)7-16-14-8-17-13-6-11(15)4-5-12(13)10(14)3/h4-6,9-10,14H,7-8H2,1-3H3/t10-,14+/m0/s1. The minimum absolute atomic E-state index is 0.145. The maximum Gasteiger partial charge on any atom is 0.124 e. The number of benzene rings is 1. The maximum atomic E-state index is 5.95. The third-order valence-electron chi connectivity index (χ3n) is 3.07. The monoisotopic (exact) mass is 254 g/mol. The summed E-state index contributed by atoms with van der Waals surface area (Å²) in [5, 5.41) is 0.720. The summed E-state index contributed by atoms with van der Waals surface area (Å²) >= 11 is 5.95. The summed E-state index contributed by atoms with van der Waals surface area (Å²) in [7, 11) is 0. The van der Waals surface area contributed by atoms with Crippen LogP contribution in [-0.4, -0.2) is 19.3 Å². The molecule has 0 fully saturated rings. The molecule has 2 atom stereocenters. The first kappa shape index (κ1) is 12.7. The Bertz CT molecular complexity index is 390. The molecule has 1 aliphatic heterocycles. The lowest BCUT2D eigenvalue weighted by atomic mass is 9.92. The third kappa shape index (κ3) is 2.93. The summed E-state index contributed by atoms with van der Waals surface area (Å²) in [5.41, 5.74) is 1.19. The van der Waals surface area contributed by atoms with Gasteiger partial charge in [0.25, 0.3) is 0 Å². The van der Waals surface area contributed by atoms with Gasteiger partial charge in [-0.15, -0.1) is 0 Å². The lowest BCUT2D eigenvalue weighted by Gasteiger charge is -2.31. The minimum Gasteiger partial charge on any atom is -0.491 e. The Kier molecular flexibility index (Phi) is 3.95. The molecule has 1 aromatic carbocycles. The molecule has 1 heterocycles. The molecule has 3 heteroatoms. The largest absolute Gasteiger partial charge is 0.491 e. The Hall–Kier alpha value is -0.730. The molecular weight excluding hydrogens is 236 g/mol. The Balaban J connectivity index is 2.10. The van der Waals surface area contributed by atoms with Crippen LogP contribution in [0.5, 0.6) is 5.75 Å². The molecule has 0 spiro atoms. The minimum atomic E-state index is 0.145. The molecule has 0 N–H and O–H groups in total. The molecule has 2 nitrogen and oxygen atoms in total. The van der Waals surface area contributed by atoms with Gasteiger partial charge in [0.15, 0.2) is 0 Å². The zero-order valence-corrected chi connectivity index (χ0v) is 11.3. The van der Waals surface area contributed by atoms with Gasteiger partial charge < -0.3 is 9.47 Å². The fourth-order valence-corrected chi connectivity index (χ4v) is 2.20. The van der Waals surface area contributed by atoms with E-state index in [2.05, 4.69) is 20.8 Å². The van der Waals surface area contributed by atoms with Crippen LogP contribution in [0.4, 0.5) is 0 Å². The van der Waals surface area contributed by atoms with E-state index in [1.54, 1.807) is 0 Å². The highest BCUT2D eigenvalue weighted by Gasteiger charge is 2.28. The number of ether oxygens (including phenoxy) is 2. The zero-order chi connectivity index (χ0) is 12.4. The SMILES string of the molecule is CC(C)CO[C@@H]1COc2cc(Cl)ccc2[C@@H]1C. The van der Waals surface area contributed by atoms with Crippen LogP contribution in [-0.2, 0) is 4.74 Å². The van der Waals surface area contributed by atoms with E-state index in [9.17, 15) is 0 Å². The smallest absolute Gasteiger partial charge is 0.124 e. The van der Waals surface area contributed by atoms with Crippen LogP contribution in [0.1, 0.15) is 32.3 Å². The van der Waals surface area contributed by atoms with Crippen LogP contribution in [0.15, 0.2) is 18.2 Å². The summed E-state index contributed by atoms with van der Waals surface area (Å²) in [6, 6.07) is 5.82. The predicted octanol–water partition coefficient (Wildman–Crippen LogP) is 3.88. The van der Waals surface area contributed by atoms with Gasteiger partial charge in [0, 0.05) is 17.5 Å². The molecule has 0 aromatic heterocycles. The van der Waals surface area contributed by atoms with Gasteiger partial charge in [-0.3, -0.25) is 0 Å². The van der Waals surface area contributed by atoms with E-state index in [1.807, 2.05) is 18.2 Å². The highest BCUT2D eigenvalue weighted by molar-refractivity contribution is 6.30. The maximum absolute atomic E-state index is 5.95. The summed E-state index contributed by atoms with van der Waals surface area (Å²) in [4.78, 5) is 0. The lowest BCUT2D eigenvalue weighted by molar-refractivity contribution is -0.0156. The molecule has 0 saturated heterocycles. The van der Waals surface area contributed by atoms with Crippen molar-refractivity contribution in [2.75, 3.05) is 13.2 Å². The summed E-state index contributed by atoms with van der Waals surface area (Å²) in [5.74, 6) is 1.80. The number of fused-ring (bicyclic) bond motifs is 1. The second kappa shape index (κ2) is 5.28. The van der Waals surface area contributed by atoms with Gasteiger partial charge in [-0.1, -0.05) is 38.4 Å². The van der Waals surface area contributed by atoms with Gasteiger partial charge >= 0.3 is 0 Å². The van der Waals surface area contributed by atoms with Gasteiger partial charge in [0.05, 0.1) is 6.10 Å². The highest BCUT2D eigenvalue weighted by Crippen LogP contribution is 2.36. The van der Waals surface area contributed by atoms with Gasteiger partial charge in [0.2, 0.25) is 0 Å². The molecule has 17 heavy (non-hydrogen) atoms. The molecule has 0 unspecified atom stereocenters. The Morgan fingerprint density at radius 1 is 1.47 bits per heavy atom. The molecule has 1 aromatic rings. The number of hydrogen-bond acceptors (Lipinski definition) is 2. The van der Waals surface area contributed by atoms with Gasteiger partial charge in [-0.25, -0.2) is 0 Å². The first-order valence-electron chi connectivity index (χ1n) is 6.11. The van der Waals surface area contributed by atoms with Crippen molar-refractivity contribution in [3.8, 4) is 5.75 Å². The van der Waals surface area contributed by atoms with E-state index >= 15 is 0 Å². The Morgan fingerprint density at radius 2 is 2.24 bits per heavy atom. The van der Waals surface area contributed by atoms with Crippen LogP contribution < -0.4 is 4.74 Å². The number of halogens is 1. The quantitative estimate of drug-likeness (QED) is 0.815. The van der Waals surface area contributed by atoms with Crippen molar-refractivity contribution in [3.63, 3.8) is 0 Å². The topological polar surface area (TPSA) is 18.5 Å². The molecule has 0 radical (unpaired) electrons. The second-order valence-electron chi connectivity index (χ2n) is 5.05. The Morgan fingerprint density at radius 3 is 2.94 bits per heavy atom. The second-order valence-corrected chi connectivity index (χ2v) is 5.48. The average molecular weight is 255 g/mol. The summed E-state index contributed by atoms with van der Waals surface area (Å²) in [6.45, 7) is 7.88. The Labute approximate surface area is 108 Å². The summed E-state index contributed by atoms with van der Waals surface area (Å²) in [6.07, 6.45) is 0.145. The molecule has 0 bridgehead atoms. The highest BCUT2D eigenvalue weighted by atomic mass is 35.5. The average Bonchev–Trinajstić information content (AvgIpc) is 2.27. The van der Waals surface area contributed by atoms with Crippen molar-refractivity contribution in [2.45, 2.75) is 32.8 Å². The molecule has 2 rings (SSSR count). The molecule has 0 amide bonds. The first-order valence-corrected chi connectivity index (χ1v) is 6.49. The normalized spacial score (nSPS) is 23.4. The van der Waals surface area contributed by atoms with E-state index in [4.69, 9.17) is 21.1 Å². The van der Waals surface area contributed by atoms with Crippen molar-refractivity contribution in [2.24, 2.45) is 5.92 Å². The fraction of sp³-hybridized carbons (Fsp3) is 0.571. The fourth-order valence-electron chi connectivity index (χ4n) is 2.03. The van der Waals surface area contributed by atoms with Crippen molar-refractivity contribution in [1.82, 2.24) is 0 Å². The molecule has 94 valence electrons. The predicted molar refractivity (Wildman–Crippen MR) is 69.9 cm³/mol. The van der Waals surface area contributed by atoms with E-state index in [1.165, 1.54) is 5.56 Å². The molecular formula is C14H19ClO2. The summed E-state index contributed by atoms with van der Waals surface area (Å²) < 4.78 is 11.6. The van der Waals surface area contributed by atoms with E-state index in [0.29, 0.717) is 18.4 Å². The van der Waals surface area contributed by atoms with E-state index in [-0.39, 0.29) is 6.10 Å². The van der Waals surface area contributed by atoms with Crippen molar-refractivity contribution < 1.29 is 9.47 Å². The lowest BCUT2D eigenvalue weighted by Crippen LogP contribution is -2.33. The van der Waals surface area contributed by atoms with E-state index < -0.39 is 0 Å². The molecule has 0 saturated carbocycles.